The van der Waals surface area contributed by atoms with Crippen LogP contribution in [-0.4, -0.2) is 18.8 Å². The number of hydrogen-bond donors (Lipinski definition) is 2. The number of nitrogen functional groups attached to an aromatic ring is 1. The molecule has 0 unspecified atom stereocenters. The Morgan fingerprint density at radius 1 is 1.10 bits per heavy atom. The van der Waals surface area contributed by atoms with Gasteiger partial charge in [0, 0.05) is 11.1 Å². The Morgan fingerprint density at radius 3 is 2.33 bits per heavy atom. The van der Waals surface area contributed by atoms with Gasteiger partial charge >= 0.3 is 0 Å². The Labute approximate surface area is 123 Å². The highest BCUT2D eigenvalue weighted by molar-refractivity contribution is 7.86. The second-order valence-corrected chi connectivity index (χ2v) is 6.27. The molecule has 0 amide bonds. The van der Waals surface area contributed by atoms with Crippen molar-refractivity contribution >= 4 is 21.6 Å². The normalized spacial score (nSPS) is 11.4. The summed E-state index contributed by atoms with van der Waals surface area (Å²) in [6, 6.07) is 9.18. The molecule has 0 aromatic heterocycles. The van der Waals surface area contributed by atoms with Gasteiger partial charge < -0.3 is 5.73 Å². The second kappa shape index (κ2) is 5.31. The molecule has 0 atom stereocenters. The molecule has 2 rings (SSSR count). The van der Waals surface area contributed by atoms with Gasteiger partial charge in [-0.15, -0.1) is 0 Å². The van der Waals surface area contributed by atoms with Crippen molar-refractivity contribution in [3.63, 3.8) is 0 Å². The molecular formula is C15H15NO4S. The fourth-order valence-corrected chi connectivity index (χ4v) is 2.76. The summed E-state index contributed by atoms with van der Waals surface area (Å²) in [6.45, 7) is 3.72. The molecule has 0 aliphatic rings. The van der Waals surface area contributed by atoms with Crippen molar-refractivity contribution in [3.05, 3.63) is 58.7 Å². The number of carbonyl (C=O) groups excluding carboxylic acids is 1. The Kier molecular flexibility index (Phi) is 3.85. The quantitative estimate of drug-likeness (QED) is 0.515. The number of aryl methyl sites for hydroxylation is 2. The molecule has 0 spiro atoms. The zero-order valence-electron chi connectivity index (χ0n) is 11.6. The van der Waals surface area contributed by atoms with E-state index in [-0.39, 0.29) is 17.0 Å². The van der Waals surface area contributed by atoms with E-state index in [1.165, 1.54) is 12.1 Å². The lowest BCUT2D eigenvalue weighted by Crippen LogP contribution is -2.08. The first kappa shape index (κ1) is 15.2. The highest BCUT2D eigenvalue weighted by Gasteiger charge is 2.18. The molecular weight excluding hydrogens is 290 g/mol. The van der Waals surface area contributed by atoms with Gasteiger partial charge in [0.1, 0.15) is 4.90 Å². The van der Waals surface area contributed by atoms with E-state index in [0.717, 1.165) is 17.2 Å². The van der Waals surface area contributed by atoms with Gasteiger partial charge in [-0.2, -0.15) is 8.42 Å². The van der Waals surface area contributed by atoms with Crippen LogP contribution in [0.25, 0.3) is 0 Å². The summed E-state index contributed by atoms with van der Waals surface area (Å²) in [5.74, 6) is -0.322. The zero-order chi connectivity index (χ0) is 15.8. The Balaban J connectivity index is 2.54. The van der Waals surface area contributed by atoms with Crippen LogP contribution in [0.1, 0.15) is 27.0 Å². The van der Waals surface area contributed by atoms with Crippen molar-refractivity contribution in [1.29, 1.82) is 0 Å². The van der Waals surface area contributed by atoms with Crippen molar-refractivity contribution in [2.75, 3.05) is 5.73 Å². The van der Waals surface area contributed by atoms with Gasteiger partial charge in [-0.05, 0) is 37.6 Å². The molecule has 2 aromatic carbocycles. The number of rotatable bonds is 3. The topological polar surface area (TPSA) is 97.5 Å². The molecule has 6 heteroatoms. The maximum Gasteiger partial charge on any atom is 0.296 e. The first-order chi connectivity index (χ1) is 9.70. The fraction of sp³-hybridized carbons (Fsp3) is 0.133. The van der Waals surface area contributed by atoms with Gasteiger partial charge in [0.15, 0.2) is 5.78 Å². The first-order valence-electron chi connectivity index (χ1n) is 6.19. The SMILES string of the molecule is Cc1ccc(C(=O)c2ccc(N)c(S(=O)(=O)O)c2)c(C)c1. The van der Waals surface area contributed by atoms with Crippen LogP contribution in [0, 0.1) is 13.8 Å². The third kappa shape index (κ3) is 3.12. The summed E-state index contributed by atoms with van der Waals surface area (Å²) in [6.07, 6.45) is 0. The van der Waals surface area contributed by atoms with Crippen LogP contribution in [0.3, 0.4) is 0 Å². The van der Waals surface area contributed by atoms with Gasteiger partial charge in [-0.25, -0.2) is 0 Å². The van der Waals surface area contributed by atoms with Crippen LogP contribution in [0.2, 0.25) is 0 Å². The van der Waals surface area contributed by atoms with Crippen LogP contribution in [0.5, 0.6) is 0 Å². The number of anilines is 1. The van der Waals surface area contributed by atoms with Crippen LogP contribution in [0.4, 0.5) is 5.69 Å². The average Bonchev–Trinajstić information content (AvgIpc) is 2.37. The van der Waals surface area contributed by atoms with Crippen LogP contribution in [-0.2, 0) is 10.1 Å². The minimum Gasteiger partial charge on any atom is -0.398 e. The predicted octanol–water partition coefficient (Wildman–Crippen LogP) is 2.36. The molecule has 0 radical (unpaired) electrons. The molecule has 0 aliphatic carbocycles. The van der Waals surface area contributed by atoms with Crippen molar-refractivity contribution in [3.8, 4) is 0 Å². The summed E-state index contributed by atoms with van der Waals surface area (Å²) >= 11 is 0. The number of hydrogen-bond acceptors (Lipinski definition) is 4. The van der Waals surface area contributed by atoms with E-state index >= 15 is 0 Å². The largest absolute Gasteiger partial charge is 0.398 e. The van der Waals surface area contributed by atoms with Gasteiger partial charge in [-0.3, -0.25) is 9.35 Å². The lowest BCUT2D eigenvalue weighted by atomic mass is 9.97. The minimum atomic E-state index is -4.47. The zero-order valence-corrected chi connectivity index (χ0v) is 12.4. The fourth-order valence-electron chi connectivity index (χ4n) is 2.12. The molecule has 110 valence electrons. The summed E-state index contributed by atoms with van der Waals surface area (Å²) in [5, 5.41) is 0. The van der Waals surface area contributed by atoms with Crippen molar-refractivity contribution in [2.45, 2.75) is 18.7 Å². The Hall–Kier alpha value is -2.18. The number of carbonyl (C=O) groups is 1. The van der Waals surface area contributed by atoms with Gasteiger partial charge in [-0.1, -0.05) is 23.8 Å². The summed E-state index contributed by atoms with van der Waals surface area (Å²) in [4.78, 5) is 12.0. The Bertz CT molecular complexity index is 826. The van der Waals surface area contributed by atoms with E-state index in [2.05, 4.69) is 0 Å². The molecule has 5 nitrogen and oxygen atoms in total. The lowest BCUT2D eigenvalue weighted by Gasteiger charge is -2.08. The molecule has 21 heavy (non-hydrogen) atoms. The van der Waals surface area contributed by atoms with Crippen molar-refractivity contribution in [2.24, 2.45) is 0 Å². The smallest absolute Gasteiger partial charge is 0.296 e. The van der Waals surface area contributed by atoms with E-state index in [9.17, 15) is 13.2 Å². The molecule has 0 fully saturated rings. The van der Waals surface area contributed by atoms with E-state index in [0.29, 0.717) is 5.56 Å². The number of benzene rings is 2. The van der Waals surface area contributed by atoms with Crippen LogP contribution >= 0.6 is 0 Å². The molecule has 0 aliphatic heterocycles. The van der Waals surface area contributed by atoms with Crippen LogP contribution < -0.4 is 5.73 Å². The maximum absolute atomic E-state index is 12.5. The molecule has 0 heterocycles. The standard InChI is InChI=1S/C15H15NO4S/c1-9-3-5-12(10(2)7-9)15(17)11-4-6-13(16)14(8-11)21(18,19)20/h3-8H,16H2,1-2H3,(H,18,19,20). The lowest BCUT2D eigenvalue weighted by molar-refractivity contribution is 0.103. The predicted molar refractivity (Wildman–Crippen MR) is 80.0 cm³/mol. The van der Waals surface area contributed by atoms with Gasteiger partial charge in [0.05, 0.1) is 5.69 Å². The summed E-state index contributed by atoms with van der Waals surface area (Å²) < 4.78 is 31.6. The minimum absolute atomic E-state index is 0.102. The molecule has 2 aromatic rings. The molecule has 0 saturated heterocycles. The van der Waals surface area contributed by atoms with E-state index in [4.69, 9.17) is 10.3 Å². The van der Waals surface area contributed by atoms with E-state index < -0.39 is 15.0 Å². The molecule has 0 saturated carbocycles. The van der Waals surface area contributed by atoms with E-state index in [1.807, 2.05) is 13.0 Å². The van der Waals surface area contributed by atoms with E-state index in [1.54, 1.807) is 19.1 Å². The second-order valence-electron chi connectivity index (χ2n) is 4.88. The van der Waals surface area contributed by atoms with Crippen LogP contribution in [0.15, 0.2) is 41.3 Å². The highest BCUT2D eigenvalue weighted by Crippen LogP contribution is 2.22. The van der Waals surface area contributed by atoms with Gasteiger partial charge in [0.25, 0.3) is 10.1 Å². The maximum atomic E-state index is 12.5. The Morgan fingerprint density at radius 2 is 1.76 bits per heavy atom. The molecule has 3 N–H and O–H groups in total. The molecule has 0 bridgehead atoms. The van der Waals surface area contributed by atoms with Crippen molar-refractivity contribution < 1.29 is 17.8 Å². The third-order valence-corrected chi connectivity index (χ3v) is 4.09. The third-order valence-electron chi connectivity index (χ3n) is 3.18. The van der Waals surface area contributed by atoms with Crippen molar-refractivity contribution in [1.82, 2.24) is 0 Å². The monoisotopic (exact) mass is 305 g/mol. The number of nitrogens with two attached hydrogens (primary N) is 1. The average molecular weight is 305 g/mol. The number of ketones is 1. The van der Waals surface area contributed by atoms with Gasteiger partial charge in [0.2, 0.25) is 0 Å². The highest BCUT2D eigenvalue weighted by atomic mass is 32.2. The summed E-state index contributed by atoms with van der Waals surface area (Å²) in [7, 11) is -4.47. The summed E-state index contributed by atoms with van der Waals surface area (Å²) in [5.41, 5.74) is 7.87. The first-order valence-corrected chi connectivity index (χ1v) is 7.63.